The first-order valence-corrected chi connectivity index (χ1v) is 8.82. The molecule has 3 N–H and O–H groups in total. The van der Waals surface area contributed by atoms with Gasteiger partial charge in [-0.1, -0.05) is 17.9 Å². The predicted octanol–water partition coefficient (Wildman–Crippen LogP) is 3.11. The average molecular weight is 422 g/mol. The highest BCUT2D eigenvalue weighted by atomic mass is 19.4. The molecular weight excluding hydrogens is 401 g/mol. The number of benzene rings is 2. The molecule has 0 aromatic heterocycles. The summed E-state index contributed by atoms with van der Waals surface area (Å²) in [5.74, 6) is 6.10. The van der Waals surface area contributed by atoms with Gasteiger partial charge in [0, 0.05) is 17.7 Å². The lowest BCUT2D eigenvalue weighted by atomic mass is 10.1. The van der Waals surface area contributed by atoms with Gasteiger partial charge in [-0.3, -0.25) is 0 Å². The molecule has 0 spiro atoms. The monoisotopic (exact) mass is 422 g/mol. The van der Waals surface area contributed by atoms with Crippen LogP contribution in [0, 0.1) is 11.8 Å². The molecule has 0 radical (unpaired) electrons. The molecule has 9 heteroatoms. The molecular formula is C21H21F3N2O4. The molecule has 0 saturated heterocycles. The van der Waals surface area contributed by atoms with Gasteiger partial charge in [-0.2, -0.15) is 13.2 Å². The SMILES string of the molecule is COc1ccc(OC)c(C(O)CNC(=O)NCC#Cc2cccc(C(F)(F)F)c2)c1. The minimum Gasteiger partial charge on any atom is -0.497 e. The Labute approximate surface area is 172 Å². The van der Waals surface area contributed by atoms with E-state index >= 15 is 0 Å². The topological polar surface area (TPSA) is 79.8 Å². The number of alkyl halides is 3. The second kappa shape index (κ2) is 10.4. The molecule has 2 aromatic rings. The number of methoxy groups -OCH3 is 2. The molecule has 1 unspecified atom stereocenters. The summed E-state index contributed by atoms with van der Waals surface area (Å²) in [6.07, 6.45) is -5.49. The number of carbonyl (C=O) groups is 1. The number of hydrogen-bond donors (Lipinski definition) is 3. The maximum Gasteiger partial charge on any atom is 0.416 e. The smallest absolute Gasteiger partial charge is 0.416 e. The van der Waals surface area contributed by atoms with Crippen LogP contribution in [0.5, 0.6) is 11.5 Å². The van der Waals surface area contributed by atoms with E-state index in [4.69, 9.17) is 9.47 Å². The van der Waals surface area contributed by atoms with Crippen molar-refractivity contribution in [3.05, 3.63) is 59.2 Å². The van der Waals surface area contributed by atoms with Crippen molar-refractivity contribution in [1.29, 1.82) is 0 Å². The van der Waals surface area contributed by atoms with Crippen molar-refractivity contribution < 1.29 is 32.5 Å². The Bertz CT molecular complexity index is 936. The van der Waals surface area contributed by atoms with Crippen LogP contribution < -0.4 is 20.1 Å². The van der Waals surface area contributed by atoms with E-state index in [1.807, 2.05) is 0 Å². The third-order valence-corrected chi connectivity index (χ3v) is 4.01. The Hall–Kier alpha value is -3.38. The number of aliphatic hydroxyl groups excluding tert-OH is 1. The number of carbonyl (C=O) groups excluding carboxylic acids is 1. The van der Waals surface area contributed by atoms with Gasteiger partial charge < -0.3 is 25.2 Å². The van der Waals surface area contributed by atoms with Gasteiger partial charge in [0.1, 0.15) is 17.6 Å². The second-order valence-corrected chi connectivity index (χ2v) is 6.07. The van der Waals surface area contributed by atoms with E-state index < -0.39 is 23.9 Å². The van der Waals surface area contributed by atoms with Crippen LogP contribution in [0.15, 0.2) is 42.5 Å². The van der Waals surface area contributed by atoms with Gasteiger partial charge in [-0.15, -0.1) is 0 Å². The van der Waals surface area contributed by atoms with Gasteiger partial charge >= 0.3 is 12.2 Å². The van der Waals surface area contributed by atoms with Crippen molar-refractivity contribution in [2.24, 2.45) is 0 Å². The summed E-state index contributed by atoms with van der Waals surface area (Å²) in [7, 11) is 2.95. The minimum absolute atomic E-state index is 0.0827. The Morgan fingerprint density at radius 2 is 1.90 bits per heavy atom. The molecule has 6 nitrogen and oxygen atoms in total. The van der Waals surface area contributed by atoms with Gasteiger partial charge in [0.25, 0.3) is 0 Å². The number of amides is 2. The number of rotatable bonds is 6. The quantitative estimate of drug-likeness (QED) is 0.625. The molecule has 30 heavy (non-hydrogen) atoms. The summed E-state index contributed by atoms with van der Waals surface area (Å²) in [5, 5.41) is 15.2. The molecule has 0 aliphatic rings. The summed E-state index contributed by atoms with van der Waals surface area (Å²) in [4.78, 5) is 11.8. The van der Waals surface area contributed by atoms with Crippen LogP contribution in [-0.4, -0.2) is 38.4 Å². The molecule has 2 rings (SSSR count). The van der Waals surface area contributed by atoms with Crippen molar-refractivity contribution in [3.63, 3.8) is 0 Å². The van der Waals surface area contributed by atoms with E-state index in [9.17, 15) is 23.1 Å². The number of halogens is 3. The highest BCUT2D eigenvalue weighted by molar-refractivity contribution is 5.74. The zero-order chi connectivity index (χ0) is 22.1. The van der Waals surface area contributed by atoms with Gasteiger partial charge in [-0.25, -0.2) is 4.79 Å². The highest BCUT2D eigenvalue weighted by Crippen LogP contribution is 2.30. The number of nitrogens with one attached hydrogen (secondary N) is 2. The molecule has 160 valence electrons. The van der Waals surface area contributed by atoms with Gasteiger partial charge in [0.05, 0.1) is 26.3 Å². The number of urea groups is 1. The van der Waals surface area contributed by atoms with Crippen molar-refractivity contribution >= 4 is 6.03 Å². The first-order valence-electron chi connectivity index (χ1n) is 8.82. The van der Waals surface area contributed by atoms with Crippen molar-refractivity contribution in [1.82, 2.24) is 10.6 Å². The van der Waals surface area contributed by atoms with E-state index in [1.165, 1.54) is 26.4 Å². The van der Waals surface area contributed by atoms with Crippen LogP contribution in [0.4, 0.5) is 18.0 Å². The van der Waals surface area contributed by atoms with Crippen LogP contribution in [-0.2, 0) is 6.18 Å². The molecule has 0 fully saturated rings. The Kier molecular flexibility index (Phi) is 7.95. The Morgan fingerprint density at radius 1 is 1.13 bits per heavy atom. The molecule has 0 aliphatic heterocycles. The fourth-order valence-corrected chi connectivity index (χ4v) is 2.51. The summed E-state index contributed by atoms with van der Waals surface area (Å²) in [6.45, 7) is -0.183. The van der Waals surface area contributed by atoms with E-state index in [0.29, 0.717) is 17.1 Å². The maximum atomic E-state index is 12.7. The van der Waals surface area contributed by atoms with E-state index in [2.05, 4.69) is 22.5 Å². The molecule has 1 atom stereocenters. The summed E-state index contributed by atoms with van der Waals surface area (Å²) in [5.41, 5.74) is -0.156. The minimum atomic E-state index is -4.44. The van der Waals surface area contributed by atoms with E-state index in [0.717, 1.165) is 12.1 Å². The summed E-state index contributed by atoms with van der Waals surface area (Å²) < 4.78 is 48.3. The first kappa shape index (κ1) is 22.9. The predicted molar refractivity (Wildman–Crippen MR) is 104 cm³/mol. The Morgan fingerprint density at radius 3 is 2.57 bits per heavy atom. The van der Waals surface area contributed by atoms with E-state index in [1.54, 1.807) is 18.2 Å². The van der Waals surface area contributed by atoms with Gasteiger partial charge in [0.2, 0.25) is 0 Å². The van der Waals surface area contributed by atoms with Crippen LogP contribution >= 0.6 is 0 Å². The molecule has 0 saturated carbocycles. The number of ether oxygens (including phenoxy) is 2. The normalized spacial score (nSPS) is 11.7. The van der Waals surface area contributed by atoms with Crippen LogP contribution in [0.3, 0.4) is 0 Å². The lowest BCUT2D eigenvalue weighted by molar-refractivity contribution is -0.137. The summed E-state index contributed by atoms with van der Waals surface area (Å²) >= 11 is 0. The molecule has 0 heterocycles. The fourth-order valence-electron chi connectivity index (χ4n) is 2.51. The van der Waals surface area contributed by atoms with Crippen molar-refractivity contribution in [2.75, 3.05) is 27.3 Å². The number of hydrogen-bond acceptors (Lipinski definition) is 4. The molecule has 2 aromatic carbocycles. The zero-order valence-electron chi connectivity index (χ0n) is 16.3. The Balaban J connectivity index is 1.86. The zero-order valence-corrected chi connectivity index (χ0v) is 16.3. The van der Waals surface area contributed by atoms with E-state index in [-0.39, 0.29) is 18.7 Å². The highest BCUT2D eigenvalue weighted by Gasteiger charge is 2.30. The van der Waals surface area contributed by atoms with Crippen LogP contribution in [0.1, 0.15) is 22.8 Å². The van der Waals surface area contributed by atoms with Crippen LogP contribution in [0.25, 0.3) is 0 Å². The molecule has 0 aliphatic carbocycles. The largest absolute Gasteiger partial charge is 0.497 e. The number of aliphatic hydroxyl groups is 1. The van der Waals surface area contributed by atoms with Gasteiger partial charge in [-0.05, 0) is 36.4 Å². The first-order chi connectivity index (χ1) is 14.2. The summed E-state index contributed by atoms with van der Waals surface area (Å²) in [6, 6.07) is 8.93. The average Bonchev–Trinajstić information content (AvgIpc) is 2.74. The molecule has 0 bridgehead atoms. The fraction of sp³-hybridized carbons (Fsp3) is 0.286. The lowest BCUT2D eigenvalue weighted by Gasteiger charge is -2.16. The standard InChI is InChI=1S/C21H21F3N2O4/c1-29-16-8-9-19(30-2)17(12-16)18(27)13-26-20(28)25-10-4-6-14-5-3-7-15(11-14)21(22,23)24/h3,5,7-9,11-12,18,27H,10,13H2,1-2H3,(H2,25,26,28). The second-order valence-electron chi connectivity index (χ2n) is 6.07. The maximum absolute atomic E-state index is 12.7. The third kappa shape index (κ3) is 6.60. The lowest BCUT2D eigenvalue weighted by Crippen LogP contribution is -2.38. The van der Waals surface area contributed by atoms with Gasteiger partial charge in [0.15, 0.2) is 0 Å². The van der Waals surface area contributed by atoms with Crippen molar-refractivity contribution in [2.45, 2.75) is 12.3 Å². The third-order valence-electron chi connectivity index (χ3n) is 4.01. The van der Waals surface area contributed by atoms with Crippen LogP contribution in [0.2, 0.25) is 0 Å². The molecule has 2 amide bonds. The van der Waals surface area contributed by atoms with Crippen molar-refractivity contribution in [3.8, 4) is 23.3 Å².